The summed E-state index contributed by atoms with van der Waals surface area (Å²) in [6.45, 7) is 14.0. The molecule has 3 nitrogen and oxygen atoms in total. The minimum Gasteiger partial charge on any atom is -0.392 e. The largest absolute Gasteiger partial charge is 0.392 e. The van der Waals surface area contributed by atoms with Crippen molar-refractivity contribution in [1.82, 2.24) is 0 Å². The molecule has 1 atom stereocenters. The molecule has 1 rings (SSSR count). The van der Waals surface area contributed by atoms with Crippen LogP contribution in [0.3, 0.4) is 0 Å². The van der Waals surface area contributed by atoms with Gasteiger partial charge in [-0.05, 0) is 30.9 Å². The normalized spacial score (nSPS) is 13.8. The molecule has 0 saturated heterocycles. The zero-order valence-corrected chi connectivity index (χ0v) is 16.5. The van der Waals surface area contributed by atoms with Crippen molar-refractivity contribution in [3.05, 3.63) is 59.3 Å². The zero-order chi connectivity index (χ0) is 18.0. The van der Waals surface area contributed by atoms with Crippen molar-refractivity contribution in [2.45, 2.75) is 52.1 Å². The first kappa shape index (κ1) is 20.8. The van der Waals surface area contributed by atoms with Gasteiger partial charge in [-0.3, -0.25) is 0 Å². The monoisotopic (exact) mass is 348 g/mol. The van der Waals surface area contributed by atoms with E-state index < -0.39 is 8.07 Å². The van der Waals surface area contributed by atoms with Crippen molar-refractivity contribution in [3.63, 3.8) is 0 Å². The van der Waals surface area contributed by atoms with Gasteiger partial charge in [-0.1, -0.05) is 61.2 Å². The predicted octanol–water partition coefficient (Wildman–Crippen LogP) is 4.70. The van der Waals surface area contributed by atoms with Crippen LogP contribution in [0.25, 0.3) is 0 Å². The number of rotatable bonds is 11. The van der Waals surface area contributed by atoms with Crippen LogP contribution in [0.15, 0.2) is 53.8 Å². The van der Waals surface area contributed by atoms with Gasteiger partial charge in [0.25, 0.3) is 0 Å². The Morgan fingerprint density at radius 1 is 1.25 bits per heavy atom. The molecular weight excluding hydrogens is 316 g/mol. The lowest BCUT2D eigenvalue weighted by Crippen LogP contribution is -2.33. The number of hydrogen-bond acceptors (Lipinski definition) is 3. The van der Waals surface area contributed by atoms with Crippen LogP contribution in [0.1, 0.15) is 25.3 Å². The lowest BCUT2D eigenvalue weighted by atomic mass is 10.1. The smallest absolute Gasteiger partial charge is 0.147 e. The Labute approximate surface area is 148 Å². The van der Waals surface area contributed by atoms with Crippen molar-refractivity contribution < 1.29 is 14.6 Å². The SMILES string of the molecule is C=C(C(CC/C(=C\C)CO)OCOCc1ccccc1)[Si](C)(C)C. The molecule has 1 unspecified atom stereocenters. The fourth-order valence-corrected chi connectivity index (χ4v) is 3.53. The molecule has 134 valence electrons. The number of aliphatic hydroxyl groups is 1. The highest BCUT2D eigenvalue weighted by atomic mass is 28.3. The van der Waals surface area contributed by atoms with Crippen LogP contribution in [0, 0.1) is 0 Å². The summed E-state index contributed by atoms with van der Waals surface area (Å²) < 4.78 is 11.7. The van der Waals surface area contributed by atoms with E-state index in [1.165, 1.54) is 5.20 Å². The molecular formula is C20H32O3Si. The lowest BCUT2D eigenvalue weighted by Gasteiger charge is -2.28. The van der Waals surface area contributed by atoms with Gasteiger partial charge in [-0.25, -0.2) is 0 Å². The van der Waals surface area contributed by atoms with Gasteiger partial charge >= 0.3 is 0 Å². The third-order valence-corrected chi connectivity index (χ3v) is 6.40. The number of hydrogen-bond donors (Lipinski definition) is 1. The average Bonchev–Trinajstić information content (AvgIpc) is 2.57. The Morgan fingerprint density at radius 2 is 1.92 bits per heavy atom. The van der Waals surface area contributed by atoms with E-state index in [-0.39, 0.29) is 19.5 Å². The van der Waals surface area contributed by atoms with E-state index in [4.69, 9.17) is 9.47 Å². The van der Waals surface area contributed by atoms with E-state index in [1.54, 1.807) is 0 Å². The molecule has 0 spiro atoms. The summed E-state index contributed by atoms with van der Waals surface area (Å²) in [7, 11) is -1.50. The van der Waals surface area contributed by atoms with Crippen molar-refractivity contribution in [2.75, 3.05) is 13.4 Å². The fraction of sp³-hybridized carbons (Fsp3) is 0.500. The van der Waals surface area contributed by atoms with Crippen molar-refractivity contribution in [1.29, 1.82) is 0 Å². The molecule has 0 aliphatic rings. The molecule has 0 radical (unpaired) electrons. The first-order valence-electron chi connectivity index (χ1n) is 8.56. The maximum absolute atomic E-state index is 9.33. The van der Waals surface area contributed by atoms with Crippen LogP contribution in [-0.4, -0.2) is 32.7 Å². The van der Waals surface area contributed by atoms with Crippen LogP contribution in [0.2, 0.25) is 19.6 Å². The van der Waals surface area contributed by atoms with Crippen molar-refractivity contribution >= 4 is 8.07 Å². The van der Waals surface area contributed by atoms with Gasteiger partial charge < -0.3 is 14.6 Å². The first-order valence-corrected chi connectivity index (χ1v) is 12.1. The molecule has 0 fully saturated rings. The summed E-state index contributed by atoms with van der Waals surface area (Å²) in [6, 6.07) is 10.1. The standard InChI is InChI=1S/C20H32O3Si/c1-6-18(14-21)12-13-20(17(2)24(3,4)5)23-16-22-15-19-10-8-7-9-11-19/h6-11,20-21H,2,12-16H2,1,3-5H3/b18-6+. The molecule has 1 aromatic rings. The summed E-state index contributed by atoms with van der Waals surface area (Å²) in [5, 5.41) is 10.5. The number of ether oxygens (including phenoxy) is 2. The molecule has 0 amide bonds. The Kier molecular flexibility index (Phi) is 9.22. The van der Waals surface area contributed by atoms with E-state index >= 15 is 0 Å². The van der Waals surface area contributed by atoms with Crippen LogP contribution in [0.4, 0.5) is 0 Å². The second kappa shape index (κ2) is 10.6. The minimum atomic E-state index is -1.50. The highest BCUT2D eigenvalue weighted by Gasteiger charge is 2.26. The van der Waals surface area contributed by atoms with Crippen LogP contribution in [-0.2, 0) is 16.1 Å². The quantitative estimate of drug-likeness (QED) is 0.273. The third kappa shape index (κ3) is 7.58. The van der Waals surface area contributed by atoms with Crippen molar-refractivity contribution in [3.8, 4) is 0 Å². The van der Waals surface area contributed by atoms with E-state index in [0.717, 1.165) is 24.0 Å². The van der Waals surface area contributed by atoms with Gasteiger partial charge in [0.1, 0.15) is 6.79 Å². The van der Waals surface area contributed by atoms with Crippen LogP contribution >= 0.6 is 0 Å². The molecule has 0 heterocycles. The topological polar surface area (TPSA) is 38.7 Å². The number of benzene rings is 1. The molecule has 0 bridgehead atoms. The summed E-state index contributed by atoms with van der Waals surface area (Å²) in [4.78, 5) is 0. The molecule has 24 heavy (non-hydrogen) atoms. The van der Waals surface area contributed by atoms with E-state index in [0.29, 0.717) is 6.61 Å². The van der Waals surface area contributed by atoms with Gasteiger partial charge in [0.15, 0.2) is 0 Å². The molecule has 0 aliphatic carbocycles. The Morgan fingerprint density at radius 3 is 2.46 bits per heavy atom. The summed E-state index contributed by atoms with van der Waals surface area (Å²) in [5.74, 6) is 0. The van der Waals surface area contributed by atoms with Gasteiger partial charge in [-0.15, -0.1) is 6.58 Å². The minimum absolute atomic E-state index is 0.0195. The number of aliphatic hydroxyl groups excluding tert-OH is 1. The van der Waals surface area contributed by atoms with Crippen LogP contribution < -0.4 is 0 Å². The predicted molar refractivity (Wildman–Crippen MR) is 104 cm³/mol. The highest BCUT2D eigenvalue weighted by molar-refractivity contribution is 6.83. The Balaban J connectivity index is 2.53. The van der Waals surface area contributed by atoms with Crippen molar-refractivity contribution in [2.24, 2.45) is 0 Å². The summed E-state index contributed by atoms with van der Waals surface area (Å²) >= 11 is 0. The Hall–Kier alpha value is -1.20. The molecule has 0 aromatic heterocycles. The van der Waals surface area contributed by atoms with Gasteiger partial charge in [0.2, 0.25) is 0 Å². The number of allylic oxidation sites excluding steroid dienone is 1. The fourth-order valence-electron chi connectivity index (χ4n) is 2.34. The maximum Gasteiger partial charge on any atom is 0.147 e. The van der Waals surface area contributed by atoms with E-state index in [1.807, 2.05) is 43.3 Å². The van der Waals surface area contributed by atoms with Gasteiger partial charge in [-0.2, -0.15) is 0 Å². The molecule has 4 heteroatoms. The maximum atomic E-state index is 9.33. The molecule has 0 aliphatic heterocycles. The summed E-state index contributed by atoms with van der Waals surface area (Å²) in [5.41, 5.74) is 2.18. The Bertz CT molecular complexity index is 517. The second-order valence-corrected chi connectivity index (χ2v) is 12.2. The first-order chi connectivity index (χ1) is 11.4. The lowest BCUT2D eigenvalue weighted by molar-refractivity contribution is -0.0853. The molecule has 1 N–H and O–H groups in total. The van der Waals surface area contributed by atoms with Crippen LogP contribution in [0.5, 0.6) is 0 Å². The summed E-state index contributed by atoms with van der Waals surface area (Å²) in [6.07, 6.45) is 3.60. The molecule has 0 saturated carbocycles. The zero-order valence-electron chi connectivity index (χ0n) is 15.5. The highest BCUT2D eigenvalue weighted by Crippen LogP contribution is 2.23. The van der Waals surface area contributed by atoms with Gasteiger partial charge in [0, 0.05) is 0 Å². The van der Waals surface area contributed by atoms with E-state index in [2.05, 4.69) is 26.2 Å². The third-order valence-electron chi connectivity index (χ3n) is 4.16. The molecule has 1 aromatic carbocycles. The van der Waals surface area contributed by atoms with E-state index in [9.17, 15) is 5.11 Å². The van der Waals surface area contributed by atoms with Gasteiger partial charge in [0.05, 0.1) is 27.4 Å². The second-order valence-electron chi connectivity index (χ2n) is 7.03. The average molecular weight is 349 g/mol.